The van der Waals surface area contributed by atoms with E-state index in [2.05, 4.69) is 23.2 Å². The van der Waals surface area contributed by atoms with Crippen LogP contribution in [0.5, 0.6) is 0 Å². The number of carbonyl (C=O) groups excluding carboxylic acids is 2. The average Bonchev–Trinajstić information content (AvgIpc) is 2.60. The number of hydrogen-bond acceptors (Lipinski definition) is 4. The van der Waals surface area contributed by atoms with Gasteiger partial charge in [-0.1, -0.05) is 42.5 Å². The summed E-state index contributed by atoms with van der Waals surface area (Å²) < 4.78 is 0. The highest BCUT2D eigenvalue weighted by atomic mass is 16.2. The van der Waals surface area contributed by atoms with Gasteiger partial charge in [-0.05, 0) is 31.4 Å². The summed E-state index contributed by atoms with van der Waals surface area (Å²) in [6, 6.07) is 8.14. The summed E-state index contributed by atoms with van der Waals surface area (Å²) in [5.41, 5.74) is 8.14. The van der Waals surface area contributed by atoms with Crippen molar-refractivity contribution in [1.82, 2.24) is 4.90 Å². The smallest absolute Gasteiger partial charge is 0.231 e. The van der Waals surface area contributed by atoms with E-state index < -0.39 is 5.54 Å². The van der Waals surface area contributed by atoms with Crippen molar-refractivity contribution in [2.24, 2.45) is 10.7 Å². The van der Waals surface area contributed by atoms with Crippen molar-refractivity contribution < 1.29 is 9.59 Å². The molecular weight excluding hydrogens is 314 g/mol. The predicted molar refractivity (Wildman–Crippen MR) is 98.1 cm³/mol. The number of nitrogens with zero attached hydrogens (tertiary/aromatic N) is 2. The minimum atomic E-state index is -0.650. The quantitative estimate of drug-likeness (QED) is 0.921. The third kappa shape index (κ3) is 3.27. The molecule has 5 nitrogen and oxygen atoms in total. The van der Waals surface area contributed by atoms with Crippen LogP contribution in [0.3, 0.4) is 0 Å². The zero-order chi connectivity index (χ0) is 18.2. The van der Waals surface area contributed by atoms with Crippen LogP contribution < -0.4 is 5.73 Å². The largest absolute Gasteiger partial charge is 0.369 e. The number of amides is 1. The topological polar surface area (TPSA) is 75.8 Å². The van der Waals surface area contributed by atoms with E-state index in [0.717, 1.165) is 23.1 Å². The molecule has 0 spiro atoms. The van der Waals surface area contributed by atoms with E-state index in [0.29, 0.717) is 6.42 Å². The van der Waals surface area contributed by atoms with Crippen LogP contribution in [-0.4, -0.2) is 29.6 Å². The van der Waals surface area contributed by atoms with E-state index in [1.807, 2.05) is 31.2 Å². The first-order valence-electron chi connectivity index (χ1n) is 8.42. The van der Waals surface area contributed by atoms with Gasteiger partial charge >= 0.3 is 0 Å². The molecule has 0 fully saturated rings. The molecule has 0 saturated heterocycles. The number of allylic oxidation sites excluding steroid dienone is 4. The fourth-order valence-corrected chi connectivity index (χ4v) is 3.31. The number of aliphatic imine (C=N–C) groups is 1. The lowest BCUT2D eigenvalue weighted by Gasteiger charge is -2.34. The minimum Gasteiger partial charge on any atom is -0.369 e. The first-order valence-corrected chi connectivity index (χ1v) is 8.42. The Hall–Kier alpha value is -2.69. The van der Waals surface area contributed by atoms with Gasteiger partial charge in [-0.2, -0.15) is 0 Å². The fraction of sp³-hybridized carbons (Fsp3) is 0.350. The second-order valence-electron chi connectivity index (χ2n) is 6.92. The Kier molecular flexibility index (Phi) is 4.33. The summed E-state index contributed by atoms with van der Waals surface area (Å²) in [6.07, 6.45) is 7.02. The van der Waals surface area contributed by atoms with Crippen molar-refractivity contribution in [3.63, 3.8) is 0 Å². The van der Waals surface area contributed by atoms with Gasteiger partial charge in [0.25, 0.3) is 0 Å². The Morgan fingerprint density at radius 2 is 2.16 bits per heavy atom. The molecule has 0 aromatic heterocycles. The molecule has 1 aliphatic carbocycles. The van der Waals surface area contributed by atoms with Crippen molar-refractivity contribution in [3.05, 3.63) is 59.2 Å². The average molecular weight is 337 g/mol. The Bertz CT molecular complexity index is 822. The highest BCUT2D eigenvalue weighted by Gasteiger charge is 2.36. The van der Waals surface area contributed by atoms with E-state index in [9.17, 15) is 9.59 Å². The minimum absolute atomic E-state index is 0.0352. The maximum absolute atomic E-state index is 12.2. The van der Waals surface area contributed by atoms with Gasteiger partial charge in [0, 0.05) is 18.5 Å². The summed E-state index contributed by atoms with van der Waals surface area (Å²) in [7, 11) is 1.64. The maximum Gasteiger partial charge on any atom is 0.231 e. The molecule has 2 N–H and O–H groups in total. The van der Waals surface area contributed by atoms with E-state index in [1.165, 1.54) is 4.90 Å². The van der Waals surface area contributed by atoms with Gasteiger partial charge in [-0.15, -0.1) is 0 Å². The first-order chi connectivity index (χ1) is 11.8. The zero-order valence-electron chi connectivity index (χ0n) is 14.8. The maximum atomic E-state index is 12.2. The Morgan fingerprint density at radius 1 is 1.40 bits per heavy atom. The van der Waals surface area contributed by atoms with E-state index in [1.54, 1.807) is 14.0 Å². The summed E-state index contributed by atoms with van der Waals surface area (Å²) >= 11 is 0. The number of carbonyl (C=O) groups is 2. The molecule has 0 bridgehead atoms. The van der Waals surface area contributed by atoms with Crippen LogP contribution in [0.4, 0.5) is 0 Å². The van der Waals surface area contributed by atoms with Gasteiger partial charge in [0.15, 0.2) is 11.7 Å². The number of Topliss-reactive ketones (excluding diaryl/α,β-unsaturated/α-hetero) is 1. The molecule has 1 aromatic rings. The van der Waals surface area contributed by atoms with Gasteiger partial charge in [-0.3, -0.25) is 14.5 Å². The highest BCUT2D eigenvalue weighted by Crippen LogP contribution is 2.35. The molecule has 0 saturated carbocycles. The zero-order valence-corrected chi connectivity index (χ0v) is 14.8. The summed E-state index contributed by atoms with van der Waals surface area (Å²) in [5, 5.41) is 0. The standard InChI is InChI=1S/C20H23N3O2/c1-13(24)14-7-9-15(10-8-14)16-5-4-6-17(11-16)20(2)12-18(25)23(3)19(21)22-20/h4-9,11,15H,10,12H2,1-3H3,(H2,21,22). The third-order valence-corrected chi connectivity index (χ3v) is 5.02. The molecule has 2 unspecified atom stereocenters. The third-order valence-electron chi connectivity index (χ3n) is 5.02. The molecule has 5 heteroatoms. The molecule has 25 heavy (non-hydrogen) atoms. The lowest BCUT2D eigenvalue weighted by Crippen LogP contribution is -2.47. The Balaban J connectivity index is 1.90. The Labute approximate surface area is 147 Å². The van der Waals surface area contributed by atoms with Crippen LogP contribution in [0.1, 0.15) is 43.7 Å². The van der Waals surface area contributed by atoms with Crippen LogP contribution in [-0.2, 0) is 15.1 Å². The van der Waals surface area contributed by atoms with Crippen molar-refractivity contribution in [1.29, 1.82) is 0 Å². The number of nitrogens with two attached hydrogens (primary N) is 1. The molecule has 1 aromatic carbocycles. The molecule has 0 radical (unpaired) electrons. The van der Waals surface area contributed by atoms with Gasteiger partial charge in [-0.25, -0.2) is 4.99 Å². The second kappa shape index (κ2) is 6.31. The van der Waals surface area contributed by atoms with Gasteiger partial charge in [0.2, 0.25) is 5.91 Å². The van der Waals surface area contributed by atoms with Gasteiger partial charge < -0.3 is 5.73 Å². The molecule has 2 aliphatic rings. The lowest BCUT2D eigenvalue weighted by molar-refractivity contribution is -0.128. The van der Waals surface area contributed by atoms with Crippen LogP contribution in [0.15, 0.2) is 53.1 Å². The SMILES string of the molecule is CC(=O)C1=CCC(c2cccc(C3(C)CC(=O)N(C)C(N)=N3)c2)C=C1. The van der Waals surface area contributed by atoms with Crippen LogP contribution in [0, 0.1) is 0 Å². The summed E-state index contributed by atoms with van der Waals surface area (Å²) in [5.74, 6) is 0.517. The summed E-state index contributed by atoms with van der Waals surface area (Å²) in [6.45, 7) is 3.52. The number of benzene rings is 1. The number of guanidine groups is 1. The second-order valence-corrected chi connectivity index (χ2v) is 6.92. The fourth-order valence-electron chi connectivity index (χ4n) is 3.31. The van der Waals surface area contributed by atoms with Crippen LogP contribution in [0.2, 0.25) is 0 Å². The lowest BCUT2D eigenvalue weighted by atomic mass is 9.83. The normalized spacial score (nSPS) is 26.3. The highest BCUT2D eigenvalue weighted by molar-refractivity contribution is 5.98. The monoisotopic (exact) mass is 337 g/mol. The number of hydrogen-bond donors (Lipinski definition) is 1. The Morgan fingerprint density at radius 3 is 2.76 bits per heavy atom. The van der Waals surface area contributed by atoms with Crippen LogP contribution in [0.25, 0.3) is 0 Å². The molecule has 1 amide bonds. The number of rotatable bonds is 3. The first kappa shape index (κ1) is 17.1. The van der Waals surface area contributed by atoms with Crippen molar-refractivity contribution in [2.45, 2.75) is 38.1 Å². The molecule has 2 atom stereocenters. The molecular formula is C20H23N3O2. The van der Waals surface area contributed by atoms with Crippen LogP contribution >= 0.6 is 0 Å². The van der Waals surface area contributed by atoms with Gasteiger partial charge in [0.05, 0.1) is 12.0 Å². The van der Waals surface area contributed by atoms with Gasteiger partial charge in [0.1, 0.15) is 0 Å². The molecule has 1 heterocycles. The van der Waals surface area contributed by atoms with E-state index in [4.69, 9.17) is 5.73 Å². The van der Waals surface area contributed by atoms with Crippen molar-refractivity contribution >= 4 is 17.6 Å². The predicted octanol–water partition coefficient (Wildman–Crippen LogP) is 2.64. The molecule has 1 aliphatic heterocycles. The number of ketones is 1. The van der Waals surface area contributed by atoms with Crippen molar-refractivity contribution in [2.75, 3.05) is 7.05 Å². The van der Waals surface area contributed by atoms with Crippen molar-refractivity contribution in [3.8, 4) is 0 Å². The van der Waals surface area contributed by atoms with E-state index in [-0.39, 0.29) is 23.6 Å². The summed E-state index contributed by atoms with van der Waals surface area (Å²) in [4.78, 5) is 29.6. The molecule has 3 rings (SSSR count). The van der Waals surface area contributed by atoms with E-state index >= 15 is 0 Å². The molecule has 130 valence electrons.